The van der Waals surface area contributed by atoms with E-state index in [9.17, 15) is 4.79 Å². The first-order valence-corrected chi connectivity index (χ1v) is 7.20. The van der Waals surface area contributed by atoms with Crippen LogP contribution in [0.15, 0.2) is 28.7 Å². The summed E-state index contributed by atoms with van der Waals surface area (Å²) in [4.78, 5) is 11.7. The lowest BCUT2D eigenvalue weighted by Gasteiger charge is -2.21. The largest absolute Gasteiger partial charge is 0.368 e. The van der Waals surface area contributed by atoms with Gasteiger partial charge < -0.3 is 10.1 Å². The number of rotatable bonds is 4. The van der Waals surface area contributed by atoms with Gasteiger partial charge in [-0.3, -0.25) is 4.79 Å². The van der Waals surface area contributed by atoms with Crippen molar-refractivity contribution in [2.45, 2.75) is 38.2 Å². The molecule has 0 aromatic heterocycles. The van der Waals surface area contributed by atoms with E-state index in [4.69, 9.17) is 4.74 Å². The van der Waals surface area contributed by atoms with Crippen LogP contribution in [0.2, 0.25) is 0 Å². The fourth-order valence-electron chi connectivity index (χ4n) is 2.16. The summed E-state index contributed by atoms with van der Waals surface area (Å²) in [5.41, 5.74) is 0.801. The molecule has 98 valence electrons. The Hall–Kier alpha value is -0.870. The molecule has 2 rings (SSSR count). The van der Waals surface area contributed by atoms with Crippen molar-refractivity contribution in [1.82, 2.24) is 0 Å². The van der Waals surface area contributed by atoms with Gasteiger partial charge in [0, 0.05) is 10.2 Å². The molecule has 0 bridgehead atoms. The molecule has 1 saturated carbocycles. The summed E-state index contributed by atoms with van der Waals surface area (Å²) in [5, 5.41) is 2.82. The third-order valence-electron chi connectivity index (χ3n) is 3.13. The van der Waals surface area contributed by atoms with Crippen LogP contribution in [0.25, 0.3) is 0 Å². The highest BCUT2D eigenvalue weighted by atomic mass is 79.9. The standard InChI is InChI=1S/C14H18BrNO2/c15-11-6-8-12(9-7-11)16-14(17)10-18-13-4-2-1-3-5-13/h6-9,13H,1-5,10H2,(H,16,17). The van der Waals surface area contributed by atoms with Crippen LogP contribution in [-0.2, 0) is 9.53 Å². The molecule has 0 aliphatic heterocycles. The minimum absolute atomic E-state index is 0.0807. The Balaban J connectivity index is 1.73. The number of halogens is 1. The molecule has 4 heteroatoms. The number of hydrogen-bond donors (Lipinski definition) is 1. The second-order valence-corrected chi connectivity index (χ2v) is 5.54. The Morgan fingerprint density at radius 2 is 1.89 bits per heavy atom. The normalized spacial score (nSPS) is 16.5. The summed E-state index contributed by atoms with van der Waals surface area (Å²) in [7, 11) is 0. The number of carbonyl (C=O) groups excluding carboxylic acids is 1. The first kappa shape index (κ1) is 13.6. The van der Waals surface area contributed by atoms with Crippen LogP contribution in [-0.4, -0.2) is 18.6 Å². The predicted molar refractivity (Wildman–Crippen MR) is 75.6 cm³/mol. The van der Waals surface area contributed by atoms with Crippen LogP contribution >= 0.6 is 15.9 Å². The Kier molecular flexibility index (Phi) is 5.20. The molecule has 1 aliphatic carbocycles. The van der Waals surface area contributed by atoms with E-state index in [-0.39, 0.29) is 18.6 Å². The Labute approximate surface area is 116 Å². The molecule has 18 heavy (non-hydrogen) atoms. The predicted octanol–water partition coefficient (Wildman–Crippen LogP) is 3.74. The molecule has 1 aromatic carbocycles. The Morgan fingerprint density at radius 1 is 1.22 bits per heavy atom. The van der Waals surface area contributed by atoms with Gasteiger partial charge in [-0.05, 0) is 37.1 Å². The number of ether oxygens (including phenoxy) is 1. The Bertz CT molecular complexity index is 385. The number of benzene rings is 1. The van der Waals surface area contributed by atoms with E-state index in [1.165, 1.54) is 19.3 Å². The van der Waals surface area contributed by atoms with Crippen LogP contribution in [0, 0.1) is 0 Å². The zero-order valence-corrected chi connectivity index (χ0v) is 11.9. The maximum Gasteiger partial charge on any atom is 0.250 e. The quantitative estimate of drug-likeness (QED) is 0.920. The van der Waals surface area contributed by atoms with Crippen molar-refractivity contribution in [3.63, 3.8) is 0 Å². The third kappa shape index (κ3) is 4.42. The van der Waals surface area contributed by atoms with Gasteiger partial charge in [0.1, 0.15) is 6.61 Å². The minimum atomic E-state index is -0.0807. The van der Waals surface area contributed by atoms with Crippen molar-refractivity contribution in [1.29, 1.82) is 0 Å². The zero-order chi connectivity index (χ0) is 12.8. The van der Waals surface area contributed by atoms with Crippen molar-refractivity contribution < 1.29 is 9.53 Å². The molecule has 0 saturated heterocycles. The number of nitrogens with one attached hydrogen (secondary N) is 1. The summed E-state index contributed by atoms with van der Waals surface area (Å²) < 4.78 is 6.62. The summed E-state index contributed by atoms with van der Waals surface area (Å²) >= 11 is 3.36. The molecule has 0 heterocycles. The van der Waals surface area contributed by atoms with E-state index < -0.39 is 0 Å². The number of anilines is 1. The number of hydrogen-bond acceptors (Lipinski definition) is 2. The molecule has 3 nitrogen and oxygen atoms in total. The second kappa shape index (κ2) is 6.90. The fourth-order valence-corrected chi connectivity index (χ4v) is 2.42. The van der Waals surface area contributed by atoms with Gasteiger partial charge in [-0.15, -0.1) is 0 Å². The minimum Gasteiger partial charge on any atom is -0.368 e. The van der Waals surface area contributed by atoms with Gasteiger partial charge in [-0.1, -0.05) is 35.2 Å². The van der Waals surface area contributed by atoms with Gasteiger partial charge in [0.05, 0.1) is 6.10 Å². The smallest absolute Gasteiger partial charge is 0.250 e. The Morgan fingerprint density at radius 3 is 2.56 bits per heavy atom. The van der Waals surface area contributed by atoms with E-state index in [2.05, 4.69) is 21.2 Å². The van der Waals surface area contributed by atoms with Crippen molar-refractivity contribution in [2.75, 3.05) is 11.9 Å². The van der Waals surface area contributed by atoms with Gasteiger partial charge >= 0.3 is 0 Å². The highest BCUT2D eigenvalue weighted by Gasteiger charge is 2.15. The summed E-state index contributed by atoms with van der Waals surface area (Å²) in [6.45, 7) is 0.154. The third-order valence-corrected chi connectivity index (χ3v) is 3.66. The molecule has 1 aromatic rings. The van der Waals surface area contributed by atoms with Crippen molar-refractivity contribution in [3.8, 4) is 0 Å². The van der Waals surface area contributed by atoms with Gasteiger partial charge in [-0.25, -0.2) is 0 Å². The monoisotopic (exact) mass is 311 g/mol. The summed E-state index contributed by atoms with van der Waals surface area (Å²) in [5.74, 6) is -0.0807. The molecule has 0 spiro atoms. The van der Waals surface area contributed by atoms with Crippen LogP contribution in [0.4, 0.5) is 5.69 Å². The van der Waals surface area contributed by atoms with Crippen molar-refractivity contribution in [3.05, 3.63) is 28.7 Å². The maximum atomic E-state index is 11.7. The summed E-state index contributed by atoms with van der Waals surface area (Å²) in [6, 6.07) is 7.53. The molecular formula is C14H18BrNO2. The lowest BCUT2D eigenvalue weighted by molar-refractivity contribution is -0.123. The summed E-state index contributed by atoms with van der Waals surface area (Å²) in [6.07, 6.45) is 6.19. The second-order valence-electron chi connectivity index (χ2n) is 4.63. The van der Waals surface area contributed by atoms with Crippen molar-refractivity contribution >= 4 is 27.5 Å². The number of carbonyl (C=O) groups is 1. The molecule has 0 radical (unpaired) electrons. The first-order chi connectivity index (χ1) is 8.74. The fraction of sp³-hybridized carbons (Fsp3) is 0.500. The highest BCUT2D eigenvalue weighted by Crippen LogP contribution is 2.20. The average Bonchev–Trinajstić information content (AvgIpc) is 2.40. The lowest BCUT2D eigenvalue weighted by atomic mass is 9.98. The first-order valence-electron chi connectivity index (χ1n) is 6.41. The van der Waals surface area contributed by atoms with Gasteiger partial charge in [0.25, 0.3) is 0 Å². The lowest BCUT2D eigenvalue weighted by Crippen LogP contribution is -2.24. The molecule has 0 unspecified atom stereocenters. The van der Waals surface area contributed by atoms with Crippen LogP contribution in [0.5, 0.6) is 0 Å². The molecular weight excluding hydrogens is 294 g/mol. The van der Waals surface area contributed by atoms with E-state index in [0.29, 0.717) is 0 Å². The van der Waals surface area contributed by atoms with Crippen molar-refractivity contribution in [2.24, 2.45) is 0 Å². The number of amides is 1. The van der Waals surface area contributed by atoms with Gasteiger partial charge in [-0.2, -0.15) is 0 Å². The van der Waals surface area contributed by atoms with E-state index in [1.807, 2.05) is 24.3 Å². The maximum absolute atomic E-state index is 11.7. The topological polar surface area (TPSA) is 38.3 Å². The molecule has 1 amide bonds. The molecule has 0 atom stereocenters. The van der Waals surface area contributed by atoms with Crippen LogP contribution < -0.4 is 5.32 Å². The van der Waals surface area contributed by atoms with Crippen LogP contribution in [0.3, 0.4) is 0 Å². The zero-order valence-electron chi connectivity index (χ0n) is 10.3. The molecule has 1 N–H and O–H groups in total. The van der Waals surface area contributed by atoms with Gasteiger partial charge in [0.2, 0.25) is 5.91 Å². The average molecular weight is 312 g/mol. The van der Waals surface area contributed by atoms with E-state index in [0.717, 1.165) is 23.0 Å². The van der Waals surface area contributed by atoms with Gasteiger partial charge in [0.15, 0.2) is 0 Å². The van der Waals surface area contributed by atoms with E-state index in [1.54, 1.807) is 0 Å². The highest BCUT2D eigenvalue weighted by molar-refractivity contribution is 9.10. The van der Waals surface area contributed by atoms with Crippen LogP contribution in [0.1, 0.15) is 32.1 Å². The molecule has 1 aliphatic rings. The SMILES string of the molecule is O=C(COC1CCCCC1)Nc1ccc(Br)cc1. The van der Waals surface area contributed by atoms with E-state index >= 15 is 0 Å². The molecule has 1 fully saturated rings.